The zero-order valence-corrected chi connectivity index (χ0v) is 15.9. The van der Waals surface area contributed by atoms with E-state index in [0.717, 1.165) is 23.8 Å². The van der Waals surface area contributed by atoms with Crippen LogP contribution in [-0.4, -0.2) is 17.8 Å². The number of esters is 1. The van der Waals surface area contributed by atoms with Crippen LogP contribution in [0.15, 0.2) is 29.4 Å². The lowest BCUT2D eigenvalue weighted by Gasteiger charge is -2.23. The van der Waals surface area contributed by atoms with Crippen LogP contribution in [0.1, 0.15) is 45.1 Å². The fraction of sp³-hybridized carbons (Fsp3) is 0.350. The molecule has 0 saturated heterocycles. The van der Waals surface area contributed by atoms with E-state index < -0.39 is 23.6 Å². The number of carbonyl (C=O) groups is 3. The molecule has 0 unspecified atom stereocenters. The second kappa shape index (κ2) is 7.27. The van der Waals surface area contributed by atoms with Crippen LogP contribution in [-0.2, 0) is 20.8 Å². The summed E-state index contributed by atoms with van der Waals surface area (Å²) < 4.78 is 20.1. The van der Waals surface area contributed by atoms with Gasteiger partial charge in [0.1, 0.15) is 5.82 Å². The van der Waals surface area contributed by atoms with Crippen molar-refractivity contribution >= 4 is 35.1 Å². The molecule has 1 aliphatic heterocycles. The SMILES string of the molecule is C=C(C)Cc1c(OC(C)=O)c(Cl)cc(F)c1N1C(=O)C2=C(CCCC2)C1=O. The van der Waals surface area contributed by atoms with Gasteiger partial charge < -0.3 is 4.74 Å². The van der Waals surface area contributed by atoms with Crippen molar-refractivity contribution in [2.75, 3.05) is 4.90 Å². The number of amides is 2. The molecule has 0 aromatic heterocycles. The summed E-state index contributed by atoms with van der Waals surface area (Å²) in [5.74, 6) is -2.57. The summed E-state index contributed by atoms with van der Waals surface area (Å²) in [4.78, 5) is 38.1. The Morgan fingerprint density at radius 3 is 2.26 bits per heavy atom. The second-order valence-electron chi connectivity index (χ2n) is 6.83. The van der Waals surface area contributed by atoms with Gasteiger partial charge in [-0.1, -0.05) is 23.8 Å². The van der Waals surface area contributed by atoms with E-state index in [1.807, 2.05) is 0 Å². The van der Waals surface area contributed by atoms with Crippen molar-refractivity contribution in [2.24, 2.45) is 0 Å². The first-order valence-corrected chi connectivity index (χ1v) is 9.04. The zero-order chi connectivity index (χ0) is 19.9. The third-order valence-corrected chi connectivity index (χ3v) is 4.88. The van der Waals surface area contributed by atoms with Gasteiger partial charge in [0, 0.05) is 23.6 Å². The number of ether oxygens (including phenoxy) is 1. The molecule has 5 nitrogen and oxygen atoms in total. The molecule has 7 heteroatoms. The number of imide groups is 1. The molecule has 2 amide bonds. The maximum absolute atomic E-state index is 14.9. The van der Waals surface area contributed by atoms with Crippen molar-refractivity contribution in [1.29, 1.82) is 0 Å². The molecule has 2 aliphatic rings. The smallest absolute Gasteiger partial charge is 0.308 e. The minimum atomic E-state index is -0.825. The lowest BCUT2D eigenvalue weighted by Crippen LogP contribution is -2.33. The van der Waals surface area contributed by atoms with Crippen molar-refractivity contribution in [1.82, 2.24) is 0 Å². The summed E-state index contributed by atoms with van der Waals surface area (Å²) in [6, 6.07) is 0.953. The molecule has 27 heavy (non-hydrogen) atoms. The minimum Gasteiger partial charge on any atom is -0.425 e. The van der Waals surface area contributed by atoms with Crippen LogP contribution in [0, 0.1) is 5.82 Å². The van der Waals surface area contributed by atoms with Crippen LogP contribution in [0.25, 0.3) is 0 Å². The number of benzene rings is 1. The third-order valence-electron chi connectivity index (χ3n) is 4.59. The normalized spacial score (nSPS) is 16.7. The summed E-state index contributed by atoms with van der Waals surface area (Å²) in [7, 11) is 0. The monoisotopic (exact) mass is 391 g/mol. The number of nitrogens with zero attached hydrogens (tertiary/aromatic N) is 1. The molecule has 0 atom stereocenters. The van der Waals surface area contributed by atoms with Gasteiger partial charge in [0.2, 0.25) is 0 Å². The van der Waals surface area contributed by atoms with Crippen LogP contribution in [0.5, 0.6) is 5.75 Å². The van der Waals surface area contributed by atoms with Crippen LogP contribution >= 0.6 is 11.6 Å². The number of rotatable bonds is 4. The van der Waals surface area contributed by atoms with Crippen LogP contribution < -0.4 is 9.64 Å². The van der Waals surface area contributed by atoms with E-state index in [2.05, 4.69) is 6.58 Å². The summed E-state index contributed by atoms with van der Waals surface area (Å²) in [5.41, 5.74) is 1.45. The highest BCUT2D eigenvalue weighted by atomic mass is 35.5. The third kappa shape index (κ3) is 3.41. The van der Waals surface area contributed by atoms with Gasteiger partial charge in [-0.15, -0.1) is 0 Å². The average molecular weight is 392 g/mol. The Morgan fingerprint density at radius 1 is 1.22 bits per heavy atom. The molecule has 0 saturated carbocycles. The summed E-state index contributed by atoms with van der Waals surface area (Å²) >= 11 is 6.09. The van der Waals surface area contributed by atoms with Gasteiger partial charge in [-0.05, 0) is 45.1 Å². The Hall–Kier alpha value is -2.47. The standard InChI is InChI=1S/C20H19ClFNO4/c1-10(2)8-14-17(16(22)9-15(21)18(14)27-11(3)24)23-19(25)12-6-4-5-7-13(12)20(23)26/h9H,1,4-8H2,2-3H3. The number of hydrogen-bond donors (Lipinski definition) is 0. The quantitative estimate of drug-likeness (QED) is 0.333. The summed E-state index contributed by atoms with van der Waals surface area (Å²) in [5, 5.41) is -0.112. The van der Waals surface area contributed by atoms with Crippen molar-refractivity contribution in [2.45, 2.75) is 46.0 Å². The highest BCUT2D eigenvalue weighted by Gasteiger charge is 2.42. The second-order valence-corrected chi connectivity index (χ2v) is 7.24. The van der Waals surface area contributed by atoms with Crippen LogP contribution in [0.3, 0.4) is 0 Å². The van der Waals surface area contributed by atoms with Crippen LogP contribution in [0.4, 0.5) is 10.1 Å². The summed E-state index contributed by atoms with van der Waals surface area (Å²) in [6.45, 7) is 6.70. The molecule has 1 aromatic carbocycles. The molecule has 1 aromatic rings. The van der Waals surface area contributed by atoms with Gasteiger partial charge >= 0.3 is 5.97 Å². The van der Waals surface area contributed by atoms with Gasteiger partial charge in [0.25, 0.3) is 11.8 Å². The Labute approximate surface area is 161 Å². The fourth-order valence-electron chi connectivity index (χ4n) is 3.55. The predicted octanol–water partition coefficient (Wildman–Crippen LogP) is 4.27. The van der Waals surface area contributed by atoms with Gasteiger partial charge in [-0.3, -0.25) is 14.4 Å². The minimum absolute atomic E-state index is 0.0611. The first-order chi connectivity index (χ1) is 12.7. The Balaban J connectivity index is 2.20. The van der Waals surface area contributed by atoms with E-state index in [0.29, 0.717) is 29.6 Å². The Bertz CT molecular complexity index is 891. The molecular weight excluding hydrogens is 373 g/mol. The molecule has 1 heterocycles. The molecule has 0 spiro atoms. The summed E-state index contributed by atoms with van der Waals surface area (Å²) in [6.07, 6.45) is 2.71. The molecule has 142 valence electrons. The molecule has 0 radical (unpaired) electrons. The molecule has 0 N–H and O–H groups in total. The first kappa shape index (κ1) is 19.3. The van der Waals surface area contributed by atoms with Crippen LogP contribution in [0.2, 0.25) is 5.02 Å². The lowest BCUT2D eigenvalue weighted by molar-refractivity contribution is -0.132. The van der Waals surface area contributed by atoms with Gasteiger partial charge in [-0.25, -0.2) is 9.29 Å². The van der Waals surface area contributed by atoms with E-state index in [9.17, 15) is 18.8 Å². The van der Waals surface area contributed by atoms with Crippen molar-refractivity contribution in [3.05, 3.63) is 45.8 Å². The molecular formula is C20H19ClFNO4. The number of hydrogen-bond acceptors (Lipinski definition) is 4. The topological polar surface area (TPSA) is 63.7 Å². The predicted molar refractivity (Wildman–Crippen MR) is 99.2 cm³/mol. The van der Waals surface area contributed by atoms with E-state index in [-0.39, 0.29) is 28.4 Å². The van der Waals surface area contributed by atoms with E-state index in [1.165, 1.54) is 6.92 Å². The highest BCUT2D eigenvalue weighted by Crippen LogP contribution is 2.43. The first-order valence-electron chi connectivity index (χ1n) is 8.66. The van der Waals surface area contributed by atoms with E-state index >= 15 is 0 Å². The van der Waals surface area contributed by atoms with Gasteiger partial charge in [0.15, 0.2) is 5.75 Å². The van der Waals surface area contributed by atoms with E-state index in [4.69, 9.17) is 16.3 Å². The maximum atomic E-state index is 14.9. The lowest BCUT2D eigenvalue weighted by atomic mass is 9.93. The zero-order valence-electron chi connectivity index (χ0n) is 15.2. The highest BCUT2D eigenvalue weighted by molar-refractivity contribution is 6.35. The number of halogens is 2. The average Bonchev–Trinajstić information content (AvgIpc) is 2.83. The fourth-order valence-corrected chi connectivity index (χ4v) is 3.79. The largest absolute Gasteiger partial charge is 0.425 e. The Kier molecular flexibility index (Phi) is 5.20. The Morgan fingerprint density at radius 2 is 1.78 bits per heavy atom. The number of allylic oxidation sites excluding steroid dienone is 1. The van der Waals surface area contributed by atoms with Crippen molar-refractivity contribution in [3.63, 3.8) is 0 Å². The molecule has 0 fully saturated rings. The maximum Gasteiger partial charge on any atom is 0.308 e. The molecule has 0 bridgehead atoms. The van der Waals surface area contributed by atoms with E-state index in [1.54, 1.807) is 6.92 Å². The van der Waals surface area contributed by atoms with Gasteiger partial charge in [0.05, 0.1) is 10.7 Å². The molecule has 1 aliphatic carbocycles. The number of anilines is 1. The van der Waals surface area contributed by atoms with Crippen molar-refractivity contribution < 1.29 is 23.5 Å². The van der Waals surface area contributed by atoms with Gasteiger partial charge in [-0.2, -0.15) is 0 Å². The molecule has 3 rings (SSSR count). The van der Waals surface area contributed by atoms with Crippen molar-refractivity contribution in [3.8, 4) is 5.75 Å². The number of carbonyl (C=O) groups excluding carboxylic acids is 3.